The van der Waals surface area contributed by atoms with Gasteiger partial charge in [0, 0.05) is 19.8 Å². The maximum Gasteiger partial charge on any atom is 0.352 e. The van der Waals surface area contributed by atoms with Gasteiger partial charge in [-0.3, -0.25) is 19.4 Å². The summed E-state index contributed by atoms with van der Waals surface area (Å²) in [6, 6.07) is 5.25. The summed E-state index contributed by atoms with van der Waals surface area (Å²) in [7, 11) is 0. The van der Waals surface area contributed by atoms with Gasteiger partial charge in [-0.05, 0) is 37.5 Å². The van der Waals surface area contributed by atoms with Crippen molar-refractivity contribution >= 4 is 23.5 Å². The molecule has 0 atom stereocenters. The zero-order valence-corrected chi connectivity index (χ0v) is 16.8. The Morgan fingerprint density at radius 1 is 0.929 bits per heavy atom. The van der Waals surface area contributed by atoms with E-state index in [0.717, 1.165) is 56.9 Å². The average Bonchev–Trinajstić information content (AvgIpc) is 2.63. The number of hydrogen-bond acceptors (Lipinski definition) is 5. The molecule has 0 heterocycles. The van der Waals surface area contributed by atoms with Crippen molar-refractivity contribution in [3.05, 3.63) is 23.8 Å². The number of carbonyl (C=O) groups is 3. The molecule has 0 bridgehead atoms. The number of aryl methyl sites for hydroxylation is 1. The monoisotopic (exact) mass is 393 g/mol. The van der Waals surface area contributed by atoms with Gasteiger partial charge in [0.15, 0.2) is 0 Å². The summed E-state index contributed by atoms with van der Waals surface area (Å²) in [5.74, 6) is -1.11. The summed E-state index contributed by atoms with van der Waals surface area (Å²) in [6.45, 7) is 3.11. The second kappa shape index (κ2) is 13.6. The molecule has 2 N–H and O–H groups in total. The Hall–Kier alpha value is -2.57. The van der Waals surface area contributed by atoms with Crippen LogP contribution in [0.3, 0.4) is 0 Å². The number of rotatable bonds is 14. The van der Waals surface area contributed by atoms with Gasteiger partial charge < -0.3 is 10.4 Å². The van der Waals surface area contributed by atoms with E-state index in [0.29, 0.717) is 17.9 Å². The second-order valence-electron chi connectivity index (χ2n) is 6.93. The van der Waals surface area contributed by atoms with Crippen LogP contribution in [0.5, 0.6) is 5.75 Å². The minimum Gasteiger partial charge on any atom is -0.481 e. The maximum absolute atomic E-state index is 12.1. The largest absolute Gasteiger partial charge is 0.481 e. The molecule has 7 nitrogen and oxygen atoms in total. The smallest absolute Gasteiger partial charge is 0.352 e. The van der Waals surface area contributed by atoms with Crippen molar-refractivity contribution in [2.24, 2.45) is 0 Å². The van der Waals surface area contributed by atoms with Crippen molar-refractivity contribution in [1.29, 1.82) is 0 Å². The molecule has 0 aliphatic carbocycles. The highest BCUT2D eigenvalue weighted by atomic mass is 17.2. The minimum atomic E-state index is -0.728. The number of hydrogen-bond donors (Lipinski definition) is 2. The fourth-order valence-electron chi connectivity index (χ4n) is 2.74. The predicted octanol–water partition coefficient (Wildman–Crippen LogP) is 4.78. The molecule has 0 fully saturated rings. The molecular formula is C21H31NO6. The first-order valence-corrected chi connectivity index (χ1v) is 9.86. The zero-order valence-electron chi connectivity index (χ0n) is 16.8. The minimum absolute atomic E-state index is 0.106. The topological polar surface area (TPSA) is 102 Å². The Labute approximate surface area is 166 Å². The molecule has 0 spiro atoms. The Kier molecular flexibility index (Phi) is 11.4. The molecule has 7 heteroatoms. The van der Waals surface area contributed by atoms with Crippen LogP contribution in [0, 0.1) is 6.92 Å². The van der Waals surface area contributed by atoms with Crippen LogP contribution in [0.1, 0.15) is 76.7 Å². The SMILES string of the molecule is CC(=O)OOc1cc(C)ccc1NC(=O)CCCCCCCCCCC(=O)O. The average molecular weight is 393 g/mol. The standard InChI is InChI=1S/C21H31NO6/c1-16-13-14-18(19(15-16)28-27-17(2)23)22-20(24)11-9-7-5-3-4-6-8-10-12-21(25)26/h13-15H,3-12H2,1-2H3,(H,22,24)(H,25,26). The number of anilines is 1. The number of carboxylic acids is 1. The highest BCUT2D eigenvalue weighted by molar-refractivity contribution is 5.92. The second-order valence-corrected chi connectivity index (χ2v) is 6.93. The molecule has 1 aromatic carbocycles. The van der Waals surface area contributed by atoms with Gasteiger partial charge >= 0.3 is 11.9 Å². The third-order valence-corrected chi connectivity index (χ3v) is 4.20. The van der Waals surface area contributed by atoms with Crippen molar-refractivity contribution in [1.82, 2.24) is 0 Å². The van der Waals surface area contributed by atoms with Crippen LogP contribution in [-0.2, 0) is 19.3 Å². The summed E-state index contributed by atoms with van der Waals surface area (Å²) >= 11 is 0. The first-order chi connectivity index (χ1) is 13.4. The highest BCUT2D eigenvalue weighted by Crippen LogP contribution is 2.26. The van der Waals surface area contributed by atoms with Crippen LogP contribution in [-0.4, -0.2) is 23.0 Å². The third-order valence-electron chi connectivity index (χ3n) is 4.20. The van der Waals surface area contributed by atoms with Crippen LogP contribution < -0.4 is 10.2 Å². The van der Waals surface area contributed by atoms with E-state index in [2.05, 4.69) is 10.2 Å². The summed E-state index contributed by atoms with van der Waals surface area (Å²) in [6.07, 6.45) is 8.50. The van der Waals surface area contributed by atoms with E-state index in [1.165, 1.54) is 6.92 Å². The molecule has 0 aliphatic heterocycles. The molecule has 0 unspecified atom stereocenters. The maximum atomic E-state index is 12.1. The Balaban J connectivity index is 2.20. The van der Waals surface area contributed by atoms with E-state index in [-0.39, 0.29) is 12.3 Å². The lowest BCUT2D eigenvalue weighted by atomic mass is 10.1. The van der Waals surface area contributed by atoms with Gasteiger partial charge in [-0.25, -0.2) is 4.79 Å². The molecule has 28 heavy (non-hydrogen) atoms. The van der Waals surface area contributed by atoms with Gasteiger partial charge in [-0.1, -0.05) is 44.6 Å². The van der Waals surface area contributed by atoms with Gasteiger partial charge in [0.25, 0.3) is 0 Å². The van der Waals surface area contributed by atoms with Crippen LogP contribution in [0.2, 0.25) is 0 Å². The van der Waals surface area contributed by atoms with E-state index in [1.807, 2.05) is 13.0 Å². The van der Waals surface area contributed by atoms with Gasteiger partial charge in [-0.2, -0.15) is 0 Å². The lowest BCUT2D eigenvalue weighted by Crippen LogP contribution is -2.13. The number of amides is 1. The van der Waals surface area contributed by atoms with E-state index < -0.39 is 11.9 Å². The molecule has 1 rings (SSSR count). The molecule has 0 saturated heterocycles. The van der Waals surface area contributed by atoms with Crippen LogP contribution in [0.4, 0.5) is 5.69 Å². The van der Waals surface area contributed by atoms with Crippen molar-refractivity contribution in [2.75, 3.05) is 5.32 Å². The molecule has 1 amide bonds. The molecule has 0 aliphatic rings. The van der Waals surface area contributed by atoms with Crippen LogP contribution in [0.25, 0.3) is 0 Å². The quantitative estimate of drug-likeness (QED) is 0.268. The van der Waals surface area contributed by atoms with Crippen molar-refractivity contribution in [3.63, 3.8) is 0 Å². The zero-order chi connectivity index (χ0) is 20.8. The lowest BCUT2D eigenvalue weighted by molar-refractivity contribution is -0.210. The van der Waals surface area contributed by atoms with E-state index in [1.54, 1.807) is 12.1 Å². The first kappa shape index (κ1) is 23.5. The van der Waals surface area contributed by atoms with Crippen LogP contribution in [0.15, 0.2) is 18.2 Å². The molecule has 156 valence electrons. The summed E-state index contributed by atoms with van der Waals surface area (Å²) in [5.41, 5.74) is 1.39. The Bertz CT molecular complexity index is 644. The molecule has 0 aromatic heterocycles. The molecular weight excluding hydrogens is 362 g/mol. The van der Waals surface area contributed by atoms with E-state index >= 15 is 0 Å². The van der Waals surface area contributed by atoms with Gasteiger partial charge in [-0.15, -0.1) is 0 Å². The lowest BCUT2D eigenvalue weighted by Gasteiger charge is -2.11. The number of carbonyl (C=O) groups excluding carboxylic acids is 2. The summed E-state index contributed by atoms with van der Waals surface area (Å²) < 4.78 is 0. The number of carboxylic acid groups (broad SMARTS) is 1. The fraction of sp³-hybridized carbons (Fsp3) is 0.571. The third kappa shape index (κ3) is 11.2. The first-order valence-electron chi connectivity index (χ1n) is 9.86. The van der Waals surface area contributed by atoms with Gasteiger partial charge in [0.05, 0.1) is 5.69 Å². The van der Waals surface area contributed by atoms with Gasteiger partial charge in [0.2, 0.25) is 11.7 Å². The predicted molar refractivity (Wildman–Crippen MR) is 106 cm³/mol. The Morgan fingerprint density at radius 3 is 2.07 bits per heavy atom. The van der Waals surface area contributed by atoms with Crippen molar-refractivity contribution in [2.45, 2.75) is 78.1 Å². The molecule has 0 radical (unpaired) electrons. The summed E-state index contributed by atoms with van der Waals surface area (Å²) in [4.78, 5) is 43.0. The summed E-state index contributed by atoms with van der Waals surface area (Å²) in [5, 5.41) is 11.4. The highest BCUT2D eigenvalue weighted by Gasteiger charge is 2.10. The normalized spacial score (nSPS) is 10.4. The number of benzene rings is 1. The van der Waals surface area contributed by atoms with Gasteiger partial charge in [0.1, 0.15) is 0 Å². The molecule has 0 saturated carbocycles. The van der Waals surface area contributed by atoms with Crippen molar-refractivity contribution < 1.29 is 29.3 Å². The van der Waals surface area contributed by atoms with Crippen LogP contribution >= 0.6 is 0 Å². The number of unbranched alkanes of at least 4 members (excludes halogenated alkanes) is 7. The van der Waals surface area contributed by atoms with E-state index in [4.69, 9.17) is 9.99 Å². The fourth-order valence-corrected chi connectivity index (χ4v) is 2.74. The number of aliphatic carboxylic acids is 1. The number of nitrogens with one attached hydrogen (secondary N) is 1. The van der Waals surface area contributed by atoms with Crippen molar-refractivity contribution in [3.8, 4) is 5.75 Å². The molecule has 1 aromatic rings. The Morgan fingerprint density at radius 2 is 1.50 bits per heavy atom. The van der Waals surface area contributed by atoms with E-state index in [9.17, 15) is 14.4 Å².